The molecule has 0 spiro atoms. The number of methoxy groups -OCH3 is 1. The van der Waals surface area contributed by atoms with E-state index in [1.54, 1.807) is 25.3 Å². The molecule has 2 aromatic carbocycles. The Morgan fingerprint density at radius 1 is 0.964 bits per heavy atom. The quantitative estimate of drug-likeness (QED) is 0.685. The number of fused-ring (bicyclic) bond motifs is 3. The zero-order chi connectivity index (χ0) is 19.4. The van der Waals surface area contributed by atoms with Crippen molar-refractivity contribution in [3.8, 4) is 5.75 Å². The van der Waals surface area contributed by atoms with Gasteiger partial charge < -0.3 is 4.74 Å². The number of rotatable bonds is 3. The minimum atomic E-state index is -0.435. The van der Waals surface area contributed by atoms with E-state index < -0.39 is 12.0 Å². The van der Waals surface area contributed by atoms with E-state index in [0.717, 1.165) is 29.5 Å². The summed E-state index contributed by atoms with van der Waals surface area (Å²) in [6.07, 6.45) is 0.997. The van der Waals surface area contributed by atoms with Crippen molar-refractivity contribution in [1.82, 2.24) is 10.0 Å². The van der Waals surface area contributed by atoms with Crippen LogP contribution < -0.4 is 9.64 Å². The fourth-order valence-corrected chi connectivity index (χ4v) is 5.04. The van der Waals surface area contributed by atoms with Gasteiger partial charge in [-0.3, -0.25) is 9.59 Å². The highest BCUT2D eigenvalue weighted by Crippen LogP contribution is 2.49. The van der Waals surface area contributed by atoms with Gasteiger partial charge >= 0.3 is 0 Å². The summed E-state index contributed by atoms with van der Waals surface area (Å²) in [6, 6.07) is 14.7. The van der Waals surface area contributed by atoms with Gasteiger partial charge in [0.2, 0.25) is 5.91 Å². The molecule has 28 heavy (non-hydrogen) atoms. The smallest absolute Gasteiger partial charge is 0.253 e. The third-order valence-corrected chi connectivity index (χ3v) is 6.46. The summed E-state index contributed by atoms with van der Waals surface area (Å²) < 4.78 is 6.27. The Morgan fingerprint density at radius 2 is 1.68 bits per heavy atom. The number of carbonyl (C=O) groups excluding carboxylic acids is 2. The van der Waals surface area contributed by atoms with Crippen LogP contribution in [0.15, 0.2) is 53.0 Å². The van der Waals surface area contributed by atoms with Gasteiger partial charge in [0, 0.05) is 23.6 Å². The highest BCUT2D eigenvalue weighted by atomic mass is 79.9. The van der Waals surface area contributed by atoms with Crippen molar-refractivity contribution in [3.05, 3.63) is 58.6 Å². The van der Waals surface area contributed by atoms with E-state index in [1.165, 1.54) is 4.90 Å². The summed E-state index contributed by atoms with van der Waals surface area (Å²) in [5.74, 6) is -0.0528. The van der Waals surface area contributed by atoms with Gasteiger partial charge in [-0.1, -0.05) is 34.1 Å². The van der Waals surface area contributed by atoms with Crippen LogP contribution in [0.25, 0.3) is 0 Å². The molecular weight excluding hydrogens is 422 g/mol. The highest BCUT2D eigenvalue weighted by molar-refractivity contribution is 9.10. The number of carbonyl (C=O) groups is 2. The molecule has 0 bridgehead atoms. The Kier molecular flexibility index (Phi) is 4.26. The highest BCUT2D eigenvalue weighted by Gasteiger charge is 2.62. The summed E-state index contributed by atoms with van der Waals surface area (Å²) in [5, 5.41) is 4.33. The largest absolute Gasteiger partial charge is 0.497 e. The van der Waals surface area contributed by atoms with E-state index in [2.05, 4.69) is 25.9 Å². The molecule has 144 valence electrons. The van der Waals surface area contributed by atoms with E-state index in [9.17, 15) is 9.59 Å². The van der Waals surface area contributed by atoms with Gasteiger partial charge in [-0.15, -0.1) is 0 Å². The first-order chi connectivity index (χ1) is 13.6. The molecule has 0 saturated carbocycles. The normalized spacial score (nSPS) is 27.4. The van der Waals surface area contributed by atoms with Crippen LogP contribution in [-0.4, -0.2) is 48.1 Å². The molecule has 0 aliphatic carbocycles. The van der Waals surface area contributed by atoms with Crippen LogP contribution in [0.1, 0.15) is 18.0 Å². The monoisotopic (exact) mass is 441 g/mol. The summed E-state index contributed by atoms with van der Waals surface area (Å²) in [4.78, 5) is 28.2. The summed E-state index contributed by atoms with van der Waals surface area (Å²) in [5.41, 5.74) is 1.64. The van der Waals surface area contributed by atoms with Gasteiger partial charge in [-0.25, -0.2) is 14.9 Å². The Morgan fingerprint density at radius 3 is 2.39 bits per heavy atom. The number of ether oxygens (including phenoxy) is 1. The van der Waals surface area contributed by atoms with Crippen LogP contribution in [0.5, 0.6) is 5.75 Å². The van der Waals surface area contributed by atoms with E-state index in [1.807, 2.05) is 30.3 Å². The fourth-order valence-electron chi connectivity index (χ4n) is 4.78. The molecular formula is C21H20BrN3O3. The van der Waals surface area contributed by atoms with Gasteiger partial charge in [-0.2, -0.15) is 0 Å². The zero-order valence-electron chi connectivity index (χ0n) is 15.4. The first kappa shape index (κ1) is 17.8. The summed E-state index contributed by atoms with van der Waals surface area (Å²) >= 11 is 3.48. The maximum absolute atomic E-state index is 13.5. The predicted molar refractivity (Wildman–Crippen MR) is 108 cm³/mol. The number of nitrogens with zero attached hydrogens (tertiary/aromatic N) is 3. The first-order valence-corrected chi connectivity index (χ1v) is 10.2. The van der Waals surface area contributed by atoms with Gasteiger partial charge in [-0.05, 0) is 36.2 Å². The van der Waals surface area contributed by atoms with E-state index in [0.29, 0.717) is 11.4 Å². The molecule has 0 N–H and O–H groups in total. The third-order valence-electron chi connectivity index (χ3n) is 5.93. The lowest BCUT2D eigenvalue weighted by atomic mass is 9.90. The maximum atomic E-state index is 13.5. The number of imide groups is 1. The molecule has 3 atom stereocenters. The molecule has 0 radical (unpaired) electrons. The van der Waals surface area contributed by atoms with Crippen LogP contribution in [0.4, 0.5) is 5.69 Å². The SMILES string of the molecule is COc1cccc(N2C(=O)[C@@H]3[C@@H](C2=O)N2CCCN2[C@H]3c2ccc(Br)cc2)c1. The topological polar surface area (TPSA) is 53.1 Å². The molecule has 2 amide bonds. The van der Waals surface area contributed by atoms with Gasteiger partial charge in [0.1, 0.15) is 11.8 Å². The maximum Gasteiger partial charge on any atom is 0.253 e. The second kappa shape index (κ2) is 6.69. The molecule has 3 saturated heterocycles. The molecule has 3 heterocycles. The fraction of sp³-hybridized carbons (Fsp3) is 0.333. The number of hydrogen-bond donors (Lipinski definition) is 0. The number of amides is 2. The lowest BCUT2D eigenvalue weighted by Crippen LogP contribution is -2.44. The minimum Gasteiger partial charge on any atom is -0.497 e. The molecule has 3 aliphatic heterocycles. The number of halogens is 1. The van der Waals surface area contributed by atoms with E-state index in [4.69, 9.17) is 4.74 Å². The van der Waals surface area contributed by atoms with Gasteiger partial charge in [0.25, 0.3) is 5.91 Å². The second-order valence-corrected chi connectivity index (χ2v) is 8.28. The predicted octanol–water partition coefficient (Wildman–Crippen LogP) is 2.99. The molecule has 2 aromatic rings. The Labute approximate surface area is 171 Å². The molecule has 0 unspecified atom stereocenters. The number of benzene rings is 2. The Hall–Kier alpha value is -2.22. The Balaban J connectivity index is 1.57. The number of hydrazine groups is 1. The third kappa shape index (κ3) is 2.53. The average Bonchev–Trinajstić information content (AvgIpc) is 3.35. The average molecular weight is 442 g/mol. The molecule has 6 nitrogen and oxygen atoms in total. The molecule has 5 rings (SSSR count). The van der Waals surface area contributed by atoms with Crippen LogP contribution in [0.2, 0.25) is 0 Å². The van der Waals surface area contributed by atoms with Crippen molar-refractivity contribution < 1.29 is 14.3 Å². The molecule has 7 heteroatoms. The standard InChI is InChI=1S/C21H20BrN3O3/c1-28-16-5-2-4-15(12-16)25-20(26)17-18(13-6-8-14(22)9-7-13)23-10-3-11-24(23)19(17)21(25)27/h2,4-9,12,17-19H,3,10-11H2,1H3/t17-,18-,19-/m0/s1. The van der Waals surface area contributed by atoms with Gasteiger partial charge in [0.05, 0.1) is 24.8 Å². The summed E-state index contributed by atoms with van der Waals surface area (Å²) in [7, 11) is 1.58. The zero-order valence-corrected chi connectivity index (χ0v) is 17.0. The van der Waals surface area contributed by atoms with Crippen molar-refractivity contribution in [1.29, 1.82) is 0 Å². The molecule has 3 fully saturated rings. The van der Waals surface area contributed by atoms with Crippen molar-refractivity contribution >= 4 is 33.4 Å². The lowest BCUT2D eigenvalue weighted by Gasteiger charge is -2.29. The molecule has 3 aliphatic rings. The number of anilines is 1. The second-order valence-electron chi connectivity index (χ2n) is 7.36. The molecule has 0 aromatic heterocycles. The van der Waals surface area contributed by atoms with Crippen molar-refractivity contribution in [2.45, 2.75) is 18.5 Å². The van der Waals surface area contributed by atoms with E-state index in [-0.39, 0.29) is 17.9 Å². The van der Waals surface area contributed by atoms with Crippen molar-refractivity contribution in [3.63, 3.8) is 0 Å². The van der Waals surface area contributed by atoms with Crippen molar-refractivity contribution in [2.75, 3.05) is 25.1 Å². The number of hydrogen-bond acceptors (Lipinski definition) is 5. The van der Waals surface area contributed by atoms with Crippen LogP contribution in [-0.2, 0) is 9.59 Å². The first-order valence-electron chi connectivity index (χ1n) is 9.40. The van der Waals surface area contributed by atoms with Gasteiger partial charge in [0.15, 0.2) is 0 Å². The minimum absolute atomic E-state index is 0.118. The Bertz CT molecular complexity index is 948. The van der Waals surface area contributed by atoms with Crippen LogP contribution in [0.3, 0.4) is 0 Å². The van der Waals surface area contributed by atoms with E-state index >= 15 is 0 Å². The lowest BCUT2D eigenvalue weighted by molar-refractivity contribution is -0.126. The van der Waals surface area contributed by atoms with Crippen molar-refractivity contribution in [2.24, 2.45) is 5.92 Å². The summed E-state index contributed by atoms with van der Waals surface area (Å²) in [6.45, 7) is 1.67. The van der Waals surface area contributed by atoms with Crippen LogP contribution in [0, 0.1) is 5.92 Å². The van der Waals surface area contributed by atoms with Crippen LogP contribution >= 0.6 is 15.9 Å².